The van der Waals surface area contributed by atoms with E-state index in [1.54, 1.807) is 0 Å². The van der Waals surface area contributed by atoms with E-state index in [0.717, 1.165) is 24.6 Å². The van der Waals surface area contributed by atoms with Gasteiger partial charge in [-0.15, -0.1) is 0 Å². The first-order chi connectivity index (χ1) is 8.60. The van der Waals surface area contributed by atoms with Gasteiger partial charge in [0.1, 0.15) is 0 Å². The van der Waals surface area contributed by atoms with Crippen LogP contribution in [0.25, 0.3) is 0 Å². The number of hydrogen-bond donors (Lipinski definition) is 1. The lowest BCUT2D eigenvalue weighted by molar-refractivity contribution is 0.251. The average Bonchev–Trinajstić information content (AvgIpc) is 2.70. The molecule has 1 atom stereocenters. The van der Waals surface area contributed by atoms with E-state index in [1.165, 1.54) is 31.4 Å². The number of aromatic nitrogens is 2. The summed E-state index contributed by atoms with van der Waals surface area (Å²) < 4.78 is 2.10. The number of rotatable bonds is 4. The maximum Gasteiger partial charge on any atom is 0.0596 e. The monoisotopic (exact) mass is 249 g/mol. The molecule has 0 aromatic carbocycles. The van der Waals surface area contributed by atoms with Crippen LogP contribution in [-0.2, 0) is 13.0 Å². The van der Waals surface area contributed by atoms with Gasteiger partial charge in [0.15, 0.2) is 0 Å². The van der Waals surface area contributed by atoms with Gasteiger partial charge in [0, 0.05) is 24.7 Å². The van der Waals surface area contributed by atoms with E-state index in [2.05, 4.69) is 36.6 Å². The molecule has 1 aliphatic rings. The standard InChI is InChI=1S/C15H27N3/c1-4-18-14(9-12(3)17-18)10-15(16)13-7-5-11(2)6-8-13/h9,11,13,15H,4-8,10,16H2,1-3H3. The molecule has 2 rings (SSSR count). The Bertz CT molecular complexity index is 375. The molecule has 1 aromatic rings. The van der Waals surface area contributed by atoms with Crippen LogP contribution in [0.3, 0.4) is 0 Å². The van der Waals surface area contributed by atoms with Gasteiger partial charge in [-0.2, -0.15) is 5.10 Å². The molecule has 0 radical (unpaired) electrons. The van der Waals surface area contributed by atoms with Gasteiger partial charge in [-0.1, -0.05) is 19.8 Å². The SMILES string of the molecule is CCn1nc(C)cc1CC(N)C1CCC(C)CC1. The van der Waals surface area contributed by atoms with Crippen molar-refractivity contribution in [2.24, 2.45) is 17.6 Å². The van der Waals surface area contributed by atoms with Crippen LogP contribution in [0.2, 0.25) is 0 Å². The van der Waals surface area contributed by atoms with Gasteiger partial charge in [-0.3, -0.25) is 4.68 Å². The Labute approximate surface area is 111 Å². The zero-order chi connectivity index (χ0) is 13.1. The molecular weight excluding hydrogens is 222 g/mol. The van der Waals surface area contributed by atoms with E-state index in [-0.39, 0.29) is 0 Å². The smallest absolute Gasteiger partial charge is 0.0596 e. The first kappa shape index (κ1) is 13.6. The highest BCUT2D eigenvalue weighted by Crippen LogP contribution is 2.30. The van der Waals surface area contributed by atoms with Gasteiger partial charge < -0.3 is 5.73 Å². The molecule has 2 N–H and O–H groups in total. The minimum Gasteiger partial charge on any atom is -0.327 e. The molecule has 1 unspecified atom stereocenters. The van der Waals surface area contributed by atoms with Crippen molar-refractivity contribution >= 4 is 0 Å². The van der Waals surface area contributed by atoms with Crippen LogP contribution < -0.4 is 5.73 Å². The predicted molar refractivity (Wildman–Crippen MR) is 75.4 cm³/mol. The minimum absolute atomic E-state index is 0.305. The zero-order valence-electron chi connectivity index (χ0n) is 12.0. The molecule has 0 spiro atoms. The van der Waals surface area contributed by atoms with Crippen molar-refractivity contribution in [1.82, 2.24) is 9.78 Å². The summed E-state index contributed by atoms with van der Waals surface area (Å²) in [7, 11) is 0. The summed E-state index contributed by atoms with van der Waals surface area (Å²) in [6.07, 6.45) is 6.30. The van der Waals surface area contributed by atoms with Crippen LogP contribution >= 0.6 is 0 Å². The van der Waals surface area contributed by atoms with E-state index in [9.17, 15) is 0 Å². The summed E-state index contributed by atoms with van der Waals surface area (Å²) in [5, 5.41) is 4.50. The van der Waals surface area contributed by atoms with Crippen molar-refractivity contribution in [3.05, 3.63) is 17.5 Å². The third kappa shape index (κ3) is 3.14. The van der Waals surface area contributed by atoms with E-state index in [1.807, 2.05) is 0 Å². The fourth-order valence-corrected chi connectivity index (χ4v) is 3.16. The minimum atomic E-state index is 0.305. The molecule has 1 fully saturated rings. The second kappa shape index (κ2) is 5.87. The molecule has 0 aliphatic heterocycles. The highest BCUT2D eigenvalue weighted by molar-refractivity contribution is 5.10. The lowest BCUT2D eigenvalue weighted by atomic mass is 9.78. The average molecular weight is 249 g/mol. The van der Waals surface area contributed by atoms with Crippen LogP contribution in [0, 0.1) is 18.8 Å². The summed E-state index contributed by atoms with van der Waals surface area (Å²) in [6.45, 7) is 7.50. The zero-order valence-corrected chi connectivity index (χ0v) is 12.0. The molecule has 1 aliphatic carbocycles. The van der Waals surface area contributed by atoms with Crippen molar-refractivity contribution < 1.29 is 0 Å². The molecule has 18 heavy (non-hydrogen) atoms. The molecule has 0 amide bonds. The number of nitrogens with two attached hydrogens (primary N) is 1. The summed E-state index contributed by atoms with van der Waals surface area (Å²) in [4.78, 5) is 0. The Morgan fingerprint density at radius 3 is 2.67 bits per heavy atom. The van der Waals surface area contributed by atoms with Crippen LogP contribution in [0.4, 0.5) is 0 Å². The molecule has 1 heterocycles. The summed E-state index contributed by atoms with van der Waals surface area (Å²) in [6, 6.07) is 2.49. The lowest BCUT2D eigenvalue weighted by Crippen LogP contribution is -2.35. The Kier molecular flexibility index (Phi) is 4.44. The molecule has 3 nitrogen and oxygen atoms in total. The highest BCUT2D eigenvalue weighted by Gasteiger charge is 2.24. The third-order valence-electron chi connectivity index (χ3n) is 4.40. The summed E-state index contributed by atoms with van der Waals surface area (Å²) in [5.74, 6) is 1.61. The molecule has 102 valence electrons. The van der Waals surface area contributed by atoms with Gasteiger partial charge in [0.2, 0.25) is 0 Å². The summed E-state index contributed by atoms with van der Waals surface area (Å²) >= 11 is 0. The second-order valence-corrected chi connectivity index (χ2v) is 5.98. The van der Waals surface area contributed by atoms with Gasteiger partial charge >= 0.3 is 0 Å². The molecule has 1 saturated carbocycles. The molecule has 1 aromatic heterocycles. The predicted octanol–water partition coefficient (Wildman–Crippen LogP) is 2.91. The van der Waals surface area contributed by atoms with Crippen molar-refractivity contribution in [3.8, 4) is 0 Å². The van der Waals surface area contributed by atoms with Crippen LogP contribution in [0.15, 0.2) is 6.07 Å². The van der Waals surface area contributed by atoms with E-state index in [0.29, 0.717) is 12.0 Å². The largest absolute Gasteiger partial charge is 0.327 e. The van der Waals surface area contributed by atoms with E-state index < -0.39 is 0 Å². The van der Waals surface area contributed by atoms with Gasteiger partial charge in [-0.05, 0) is 44.6 Å². The first-order valence-electron chi connectivity index (χ1n) is 7.39. The van der Waals surface area contributed by atoms with Gasteiger partial charge in [-0.25, -0.2) is 0 Å². The van der Waals surface area contributed by atoms with E-state index in [4.69, 9.17) is 5.73 Å². The first-order valence-corrected chi connectivity index (χ1v) is 7.39. The molecule has 0 bridgehead atoms. The highest BCUT2D eigenvalue weighted by atomic mass is 15.3. The van der Waals surface area contributed by atoms with E-state index >= 15 is 0 Å². The maximum atomic E-state index is 6.42. The van der Waals surface area contributed by atoms with Crippen LogP contribution in [0.1, 0.15) is 50.9 Å². The van der Waals surface area contributed by atoms with Crippen molar-refractivity contribution in [3.63, 3.8) is 0 Å². The van der Waals surface area contributed by atoms with Gasteiger partial charge in [0.25, 0.3) is 0 Å². The molecular formula is C15H27N3. The number of hydrogen-bond acceptors (Lipinski definition) is 2. The Morgan fingerprint density at radius 1 is 1.39 bits per heavy atom. The third-order valence-corrected chi connectivity index (χ3v) is 4.40. The topological polar surface area (TPSA) is 43.8 Å². The van der Waals surface area contributed by atoms with Crippen LogP contribution in [-0.4, -0.2) is 15.8 Å². The molecule has 0 saturated heterocycles. The van der Waals surface area contributed by atoms with Gasteiger partial charge in [0.05, 0.1) is 5.69 Å². The lowest BCUT2D eigenvalue weighted by Gasteiger charge is -2.30. The Balaban J connectivity index is 1.95. The Hall–Kier alpha value is -0.830. The van der Waals surface area contributed by atoms with Crippen molar-refractivity contribution in [1.29, 1.82) is 0 Å². The number of nitrogens with zero attached hydrogens (tertiary/aromatic N) is 2. The fraction of sp³-hybridized carbons (Fsp3) is 0.800. The molecule has 3 heteroatoms. The summed E-state index contributed by atoms with van der Waals surface area (Å²) in [5.41, 5.74) is 8.83. The van der Waals surface area contributed by atoms with Crippen molar-refractivity contribution in [2.75, 3.05) is 0 Å². The normalized spacial score (nSPS) is 26.2. The maximum absolute atomic E-state index is 6.42. The Morgan fingerprint density at radius 2 is 2.06 bits per heavy atom. The number of aryl methyl sites for hydroxylation is 2. The van der Waals surface area contributed by atoms with Crippen molar-refractivity contribution in [2.45, 2.75) is 65.5 Å². The quantitative estimate of drug-likeness (QED) is 0.891. The second-order valence-electron chi connectivity index (χ2n) is 5.98. The fourth-order valence-electron chi connectivity index (χ4n) is 3.16. The van der Waals surface area contributed by atoms with Crippen LogP contribution in [0.5, 0.6) is 0 Å².